The Bertz CT molecular complexity index is 6560. The third kappa shape index (κ3) is 20.7. The molecule has 0 atom stereocenters. The molecule has 2 N–H and O–H groups in total. The lowest BCUT2D eigenvalue weighted by Gasteiger charge is -2.33. The normalized spacial score (nSPS) is 13.5. The Morgan fingerprint density at radius 2 is 0.710 bits per heavy atom. The van der Waals surface area contributed by atoms with E-state index in [4.69, 9.17) is 20.5 Å². The van der Waals surface area contributed by atoms with Crippen LogP contribution < -0.4 is 10.6 Å². The molecule has 4 amide bonds. The maximum Gasteiger partial charge on any atom is 0.324 e. The van der Waals surface area contributed by atoms with Crippen LogP contribution in [0.2, 0.25) is 0 Å². The fourth-order valence-electron chi connectivity index (χ4n) is 16.1. The highest BCUT2D eigenvalue weighted by atomic mass is 32.1. The van der Waals surface area contributed by atoms with Gasteiger partial charge in [-0.1, -0.05) is 126 Å². The van der Waals surface area contributed by atoms with Gasteiger partial charge >= 0.3 is 6.01 Å². The summed E-state index contributed by atoms with van der Waals surface area (Å²) in [5, 5.41) is 25.3. The molecule has 4 aliphatic heterocycles. The number of nitrogen functional groups attached to an aromatic ring is 1. The van der Waals surface area contributed by atoms with Gasteiger partial charge in [-0.05, 0) is 155 Å². The summed E-state index contributed by atoms with van der Waals surface area (Å²) < 4.78 is 67.0. The number of fused-ring (bicyclic) bond motifs is 3. The zero-order valence-electron chi connectivity index (χ0n) is 73.0. The molecule has 0 aliphatic carbocycles. The topological polar surface area (TPSA) is 298 Å². The Morgan fingerprint density at radius 3 is 1.11 bits per heavy atom. The fourth-order valence-corrected chi connectivity index (χ4v) is 18.9. The molecule has 4 aliphatic rings. The minimum absolute atomic E-state index is 0.00629. The van der Waals surface area contributed by atoms with Gasteiger partial charge in [-0.3, -0.25) is 37.9 Å². The first kappa shape index (κ1) is 88.6. The maximum atomic E-state index is 13.8. The molecular formula is C97H92F4N22O5S3. The molecule has 16 aromatic rings. The molecule has 34 heteroatoms. The number of aryl methyl sites for hydroxylation is 7. The molecule has 27 nitrogen and oxygen atoms in total. The zero-order valence-corrected chi connectivity index (χ0v) is 75.5. The lowest BCUT2D eigenvalue weighted by atomic mass is 10.1. The summed E-state index contributed by atoms with van der Waals surface area (Å²) in [4.78, 5) is 96.6. The molecule has 0 spiro atoms. The molecule has 15 heterocycles. The molecule has 0 saturated carbocycles. The number of pyridine rings is 3. The number of anilines is 2. The van der Waals surface area contributed by atoms with Gasteiger partial charge in [0.15, 0.2) is 11.0 Å². The van der Waals surface area contributed by atoms with Gasteiger partial charge in [0, 0.05) is 98.2 Å². The van der Waals surface area contributed by atoms with Crippen LogP contribution in [0.5, 0.6) is 0 Å². The van der Waals surface area contributed by atoms with E-state index in [1.54, 1.807) is 106 Å². The Kier molecular flexibility index (Phi) is 26.6. The highest BCUT2D eigenvalue weighted by molar-refractivity contribution is 7.15. The first-order valence-electron chi connectivity index (χ1n) is 42.9. The van der Waals surface area contributed by atoms with Crippen molar-refractivity contribution in [3.63, 3.8) is 0 Å². The fraction of sp³-hybridized carbons (Fsp3) is 0.258. The zero-order chi connectivity index (χ0) is 91.1. The number of rotatable bonds is 17. The number of carbonyl (C=O) groups excluding carboxylic acids is 4. The van der Waals surface area contributed by atoms with E-state index < -0.39 is 0 Å². The van der Waals surface area contributed by atoms with Crippen molar-refractivity contribution < 1.29 is 41.3 Å². The quantitative estimate of drug-likeness (QED) is 0.0828. The molecule has 0 bridgehead atoms. The van der Waals surface area contributed by atoms with Gasteiger partial charge in [0.2, 0.25) is 23.6 Å². The van der Waals surface area contributed by atoms with Crippen molar-refractivity contribution in [2.45, 2.75) is 113 Å². The van der Waals surface area contributed by atoms with E-state index in [1.807, 2.05) is 184 Å². The average Bonchev–Trinajstić information content (AvgIpc) is 1.15. The van der Waals surface area contributed by atoms with Gasteiger partial charge in [0.1, 0.15) is 66.5 Å². The van der Waals surface area contributed by atoms with E-state index in [9.17, 15) is 36.7 Å². The van der Waals surface area contributed by atoms with Crippen LogP contribution >= 0.6 is 34.0 Å². The predicted octanol–water partition coefficient (Wildman–Crippen LogP) is 16.2. The van der Waals surface area contributed by atoms with Crippen molar-refractivity contribution >= 4 is 68.8 Å². The predicted molar refractivity (Wildman–Crippen MR) is 495 cm³/mol. The van der Waals surface area contributed by atoms with Crippen LogP contribution in [0.1, 0.15) is 70.2 Å². The van der Waals surface area contributed by atoms with Gasteiger partial charge in [-0.15, -0.1) is 34.0 Å². The van der Waals surface area contributed by atoms with Crippen LogP contribution in [0.15, 0.2) is 205 Å². The van der Waals surface area contributed by atoms with Crippen molar-refractivity contribution in [1.82, 2.24) is 98.8 Å². The number of thiazole rings is 3. The van der Waals surface area contributed by atoms with Gasteiger partial charge in [0.25, 0.3) is 0 Å². The molecular weight excluding hydrogens is 1730 g/mol. The lowest BCUT2D eigenvalue weighted by molar-refractivity contribution is -0.133. The number of carbonyl (C=O) groups is 4. The number of benzene rings is 5. The molecule has 131 heavy (non-hydrogen) atoms. The van der Waals surface area contributed by atoms with Crippen LogP contribution in [-0.4, -0.2) is 175 Å². The van der Waals surface area contributed by atoms with E-state index in [1.165, 1.54) is 40.5 Å². The van der Waals surface area contributed by atoms with Gasteiger partial charge in [0.05, 0.1) is 103 Å². The Morgan fingerprint density at radius 1 is 0.344 bits per heavy atom. The second-order valence-electron chi connectivity index (χ2n) is 32.1. The Labute approximate surface area is 764 Å². The Hall–Kier alpha value is -14.4. The van der Waals surface area contributed by atoms with Crippen LogP contribution in [0, 0.1) is 71.7 Å². The third-order valence-electron chi connectivity index (χ3n) is 23.0. The largest absolute Gasteiger partial charge is 0.375 e. The maximum absolute atomic E-state index is 13.8. The van der Waals surface area contributed by atoms with Crippen molar-refractivity contribution in [2.24, 2.45) is 0 Å². The molecule has 1 fully saturated rings. The summed E-state index contributed by atoms with van der Waals surface area (Å²) >= 11 is 4.87. The molecule has 11 aromatic heterocycles. The van der Waals surface area contributed by atoms with E-state index in [-0.39, 0.29) is 73.1 Å². The summed E-state index contributed by atoms with van der Waals surface area (Å²) in [5.74, 6) is -0.735. The van der Waals surface area contributed by atoms with Crippen molar-refractivity contribution in [2.75, 3.05) is 63.0 Å². The number of amides is 4. The molecule has 0 radical (unpaired) electrons. The van der Waals surface area contributed by atoms with E-state index in [0.29, 0.717) is 151 Å². The van der Waals surface area contributed by atoms with Crippen molar-refractivity contribution in [3.05, 3.63) is 294 Å². The number of halogens is 4. The van der Waals surface area contributed by atoms with E-state index in [2.05, 4.69) is 50.2 Å². The van der Waals surface area contributed by atoms with E-state index >= 15 is 0 Å². The molecule has 20 rings (SSSR count). The standard InChI is InChI=1S/C25H25FN6O2.C25H24FN5OS.C24H23FN6OS.C23H20FN5OS/c1-17-14-20(8-9-21(17)26)22-15-23(19-6-4-3-5-7-19)32(28-22)16-24(33)30-10-12-31(13-11-30)25-27-18(2)29-34-25;1-16-19(26)8-9-20(27-16)22-14-23(18-6-4-3-5-7-18)31(29-22)15-25(32)30-12-10-21-24(11-13-30)33-17(2)28-21;1-15-17(25)7-8-18(27-15)20-13-21(16-5-3-2-4-6-16)31(29-20)14-23(32)30-11-9-19-22(10-12-30)33-24(26)28-19;1-14-17(24)8-9-18(25-14)19-10-21(16-6-4-3-5-7-16)29(27-19)13-23(30)28-11-20-22(12-28)31-15(2)26-20/h3-9,14-15H,10-13,16H2,1-2H3;3-9,14H,10-13,15H2,1-2H3;2-8,13H,9-12,14H2,1H3,(H2,26,28);3-10H,11-13H2,1-2H3. The SMILES string of the molecule is Cc1nc(-c2cc(-c3ccccc3)n(CC(=O)N3CCc4nc(N)sc4CC3)n2)ccc1F.Cc1nc2c(s1)CCN(C(=O)Cn1nc(-c3ccc(F)c(C)n3)cc1-c1ccccc1)CC2.Cc1nc2c(s1)CN(C(=O)Cn1nc(-c3ccc(F)c(C)n3)cc1-c1ccccc1)C2.Cc1noc(N2CCN(C(=O)Cn3nc(-c4ccc(F)c(C)c4)cc3-c3ccccc3)CC2)n1. The summed E-state index contributed by atoms with van der Waals surface area (Å²) in [6.07, 6.45) is 3.06. The lowest BCUT2D eigenvalue weighted by Crippen LogP contribution is -2.49. The second kappa shape index (κ2) is 39.3. The van der Waals surface area contributed by atoms with Crippen LogP contribution in [-0.2, 0) is 84.1 Å². The summed E-state index contributed by atoms with van der Waals surface area (Å²) in [7, 11) is 0. The highest BCUT2D eigenvalue weighted by Crippen LogP contribution is 2.35. The molecule has 5 aromatic carbocycles. The minimum Gasteiger partial charge on any atom is -0.375 e. The molecule has 0 unspecified atom stereocenters. The average molecular weight is 1820 g/mol. The number of hydrogen-bond acceptors (Lipinski definition) is 22. The number of piperazine rings is 1. The highest BCUT2D eigenvalue weighted by Gasteiger charge is 2.32. The summed E-state index contributed by atoms with van der Waals surface area (Å²) in [6, 6.07) is 61.3. The van der Waals surface area contributed by atoms with Gasteiger partial charge in [-0.2, -0.15) is 25.4 Å². The van der Waals surface area contributed by atoms with Crippen molar-refractivity contribution in [1.29, 1.82) is 0 Å². The molecule has 1 saturated heterocycles. The molecule has 666 valence electrons. The van der Waals surface area contributed by atoms with E-state index in [0.717, 1.165) is 107 Å². The van der Waals surface area contributed by atoms with Crippen LogP contribution in [0.25, 0.3) is 90.5 Å². The van der Waals surface area contributed by atoms with Crippen LogP contribution in [0.4, 0.5) is 28.7 Å². The number of hydrogen-bond donors (Lipinski definition) is 1. The second-order valence-corrected chi connectivity index (χ2v) is 35.8. The van der Waals surface area contributed by atoms with Crippen LogP contribution in [0.3, 0.4) is 0 Å². The minimum atomic E-state index is -0.359. The number of nitrogens with two attached hydrogens (primary N) is 1. The number of nitrogens with zero attached hydrogens (tertiary/aromatic N) is 21. The third-order valence-corrected chi connectivity index (χ3v) is 26.1. The monoisotopic (exact) mass is 1820 g/mol. The van der Waals surface area contributed by atoms with Crippen molar-refractivity contribution in [3.8, 4) is 90.5 Å². The summed E-state index contributed by atoms with van der Waals surface area (Å²) in [6.45, 7) is 18.9. The summed E-state index contributed by atoms with van der Waals surface area (Å²) in [5.41, 5.74) is 22.6. The van der Waals surface area contributed by atoms with Gasteiger partial charge < -0.3 is 34.8 Å². The van der Waals surface area contributed by atoms with Gasteiger partial charge in [-0.25, -0.2) is 47.5 Å². The first-order chi connectivity index (χ1) is 63.4. The Balaban J connectivity index is 0.000000122. The number of aromatic nitrogens is 16. The smallest absolute Gasteiger partial charge is 0.324 e. The first-order valence-corrected chi connectivity index (χ1v) is 45.4.